The molecule has 0 radical (unpaired) electrons. The molecule has 0 spiro atoms. The van der Waals surface area contributed by atoms with Crippen molar-refractivity contribution in [1.29, 1.82) is 0 Å². The molecule has 1 saturated heterocycles. The number of hydrogen-bond donors (Lipinski definition) is 1. The first-order chi connectivity index (χ1) is 8.76. The standard InChI is InChI=1S/C13H17IO4/c1-16-13-12(11(15)10(7-14)18-13)17-8-9-5-3-2-4-6-9/h2-6,10-13,15H,7-8H2,1H3/t10-,11+,12-,13?/m1/s1. The van der Waals surface area contributed by atoms with Crippen molar-refractivity contribution in [2.24, 2.45) is 0 Å². The van der Waals surface area contributed by atoms with Gasteiger partial charge in [-0.1, -0.05) is 52.9 Å². The molecule has 1 fully saturated rings. The summed E-state index contributed by atoms with van der Waals surface area (Å²) in [6, 6.07) is 9.85. The van der Waals surface area contributed by atoms with Crippen LogP contribution in [0.25, 0.3) is 0 Å². The molecule has 1 heterocycles. The molecule has 1 aromatic rings. The van der Waals surface area contributed by atoms with Gasteiger partial charge < -0.3 is 19.3 Å². The quantitative estimate of drug-likeness (QED) is 0.639. The number of aliphatic hydroxyl groups excluding tert-OH is 1. The molecule has 1 unspecified atom stereocenters. The molecule has 100 valence electrons. The Morgan fingerprint density at radius 1 is 1.33 bits per heavy atom. The molecular formula is C13H17IO4. The molecule has 0 aromatic heterocycles. The minimum absolute atomic E-state index is 0.226. The first-order valence-electron chi connectivity index (χ1n) is 5.84. The zero-order valence-corrected chi connectivity index (χ0v) is 12.3. The molecule has 0 saturated carbocycles. The van der Waals surface area contributed by atoms with E-state index >= 15 is 0 Å². The van der Waals surface area contributed by atoms with Gasteiger partial charge in [0.2, 0.25) is 0 Å². The molecule has 4 nitrogen and oxygen atoms in total. The molecule has 1 aliphatic rings. The van der Waals surface area contributed by atoms with Gasteiger partial charge in [0, 0.05) is 11.5 Å². The van der Waals surface area contributed by atoms with E-state index in [1.165, 1.54) is 0 Å². The largest absolute Gasteiger partial charge is 0.387 e. The highest BCUT2D eigenvalue weighted by molar-refractivity contribution is 14.1. The van der Waals surface area contributed by atoms with Crippen LogP contribution in [0.5, 0.6) is 0 Å². The molecule has 5 heteroatoms. The Bertz CT molecular complexity index is 357. The monoisotopic (exact) mass is 364 g/mol. The normalized spacial score (nSPS) is 31.7. The zero-order chi connectivity index (χ0) is 13.0. The molecule has 4 atom stereocenters. The minimum Gasteiger partial charge on any atom is -0.387 e. The Balaban J connectivity index is 1.95. The van der Waals surface area contributed by atoms with E-state index in [0.29, 0.717) is 11.0 Å². The highest BCUT2D eigenvalue weighted by Gasteiger charge is 2.44. The molecule has 1 aromatic carbocycles. The lowest BCUT2D eigenvalue weighted by atomic mass is 10.1. The molecule has 1 N–H and O–H groups in total. The van der Waals surface area contributed by atoms with Crippen LogP contribution >= 0.6 is 22.6 Å². The SMILES string of the molecule is COC1O[C@H](CI)[C@H](O)[C@H]1OCc1ccccc1. The van der Waals surface area contributed by atoms with Crippen LogP contribution < -0.4 is 0 Å². The third kappa shape index (κ3) is 3.21. The molecular weight excluding hydrogens is 347 g/mol. The van der Waals surface area contributed by atoms with Crippen LogP contribution in [-0.4, -0.2) is 41.2 Å². The van der Waals surface area contributed by atoms with Crippen molar-refractivity contribution in [3.05, 3.63) is 35.9 Å². The van der Waals surface area contributed by atoms with Crippen molar-refractivity contribution in [3.8, 4) is 0 Å². The van der Waals surface area contributed by atoms with Crippen LogP contribution in [0.2, 0.25) is 0 Å². The number of ether oxygens (including phenoxy) is 3. The first kappa shape index (κ1) is 14.2. The maximum atomic E-state index is 10.1. The summed E-state index contributed by atoms with van der Waals surface area (Å²) in [6.45, 7) is 0.444. The Labute approximate surface area is 120 Å². The average molecular weight is 364 g/mol. The zero-order valence-electron chi connectivity index (χ0n) is 10.2. The van der Waals surface area contributed by atoms with E-state index in [4.69, 9.17) is 14.2 Å². The van der Waals surface area contributed by atoms with E-state index < -0.39 is 18.5 Å². The summed E-state index contributed by atoms with van der Waals surface area (Å²) in [4.78, 5) is 0. The van der Waals surface area contributed by atoms with E-state index in [1.54, 1.807) is 7.11 Å². The lowest BCUT2D eigenvalue weighted by Gasteiger charge is -2.19. The third-order valence-corrected chi connectivity index (χ3v) is 3.83. The average Bonchev–Trinajstić information content (AvgIpc) is 2.73. The van der Waals surface area contributed by atoms with Crippen molar-refractivity contribution >= 4 is 22.6 Å². The summed E-state index contributed by atoms with van der Waals surface area (Å²) in [7, 11) is 1.56. The van der Waals surface area contributed by atoms with E-state index in [0.717, 1.165) is 5.56 Å². The van der Waals surface area contributed by atoms with Gasteiger partial charge in [-0.3, -0.25) is 0 Å². The van der Waals surface area contributed by atoms with Crippen molar-refractivity contribution in [3.63, 3.8) is 0 Å². The van der Waals surface area contributed by atoms with Crippen molar-refractivity contribution < 1.29 is 19.3 Å². The molecule has 0 aliphatic carbocycles. The third-order valence-electron chi connectivity index (χ3n) is 2.96. The van der Waals surface area contributed by atoms with Crippen LogP contribution in [0, 0.1) is 0 Å². The molecule has 0 amide bonds. The maximum Gasteiger partial charge on any atom is 0.186 e. The van der Waals surface area contributed by atoms with E-state index in [2.05, 4.69) is 22.6 Å². The Kier molecular flexibility index (Phi) is 5.38. The highest BCUT2D eigenvalue weighted by atomic mass is 127. The fraction of sp³-hybridized carbons (Fsp3) is 0.538. The van der Waals surface area contributed by atoms with Gasteiger partial charge in [-0.15, -0.1) is 0 Å². The molecule has 1 aliphatic heterocycles. The smallest absolute Gasteiger partial charge is 0.186 e. The van der Waals surface area contributed by atoms with E-state index in [1.807, 2.05) is 30.3 Å². The van der Waals surface area contributed by atoms with Gasteiger partial charge in [0.15, 0.2) is 6.29 Å². The van der Waals surface area contributed by atoms with Gasteiger partial charge in [0.25, 0.3) is 0 Å². The Morgan fingerprint density at radius 2 is 2.06 bits per heavy atom. The van der Waals surface area contributed by atoms with Gasteiger partial charge >= 0.3 is 0 Å². The van der Waals surface area contributed by atoms with E-state index in [9.17, 15) is 5.11 Å². The second-order valence-corrected chi connectivity index (χ2v) is 5.07. The summed E-state index contributed by atoms with van der Waals surface area (Å²) in [5, 5.41) is 10.1. The summed E-state index contributed by atoms with van der Waals surface area (Å²) in [5.41, 5.74) is 1.07. The van der Waals surface area contributed by atoms with Crippen LogP contribution in [-0.2, 0) is 20.8 Å². The van der Waals surface area contributed by atoms with Gasteiger partial charge in [0.1, 0.15) is 12.2 Å². The summed E-state index contributed by atoms with van der Waals surface area (Å²) in [6.07, 6.45) is -1.80. The lowest BCUT2D eigenvalue weighted by Crippen LogP contribution is -2.36. The number of benzene rings is 1. The van der Waals surface area contributed by atoms with Gasteiger partial charge in [-0.2, -0.15) is 0 Å². The molecule has 0 bridgehead atoms. The molecule has 2 rings (SSSR count). The number of rotatable bonds is 5. The number of methoxy groups -OCH3 is 1. The maximum absolute atomic E-state index is 10.1. The van der Waals surface area contributed by atoms with Crippen molar-refractivity contribution in [1.82, 2.24) is 0 Å². The number of alkyl halides is 1. The Hall–Kier alpha value is -0.210. The van der Waals surface area contributed by atoms with Crippen LogP contribution in [0.4, 0.5) is 0 Å². The summed E-state index contributed by atoms with van der Waals surface area (Å²) < 4.78 is 17.2. The van der Waals surface area contributed by atoms with Gasteiger partial charge in [0.05, 0.1) is 12.7 Å². The van der Waals surface area contributed by atoms with Gasteiger partial charge in [-0.25, -0.2) is 0 Å². The molecule has 18 heavy (non-hydrogen) atoms. The fourth-order valence-electron chi connectivity index (χ4n) is 1.96. The number of hydrogen-bond acceptors (Lipinski definition) is 4. The second kappa shape index (κ2) is 6.81. The summed E-state index contributed by atoms with van der Waals surface area (Å²) >= 11 is 2.18. The van der Waals surface area contributed by atoms with Crippen molar-refractivity contribution in [2.75, 3.05) is 11.5 Å². The summed E-state index contributed by atoms with van der Waals surface area (Å²) in [5.74, 6) is 0. The fourth-order valence-corrected chi connectivity index (χ4v) is 2.69. The number of halogens is 1. The first-order valence-corrected chi connectivity index (χ1v) is 7.36. The topological polar surface area (TPSA) is 47.9 Å². The lowest BCUT2D eigenvalue weighted by molar-refractivity contribution is -0.163. The Morgan fingerprint density at radius 3 is 2.67 bits per heavy atom. The van der Waals surface area contributed by atoms with Crippen LogP contribution in [0.3, 0.4) is 0 Å². The predicted molar refractivity (Wildman–Crippen MR) is 75.6 cm³/mol. The van der Waals surface area contributed by atoms with Crippen LogP contribution in [0.15, 0.2) is 30.3 Å². The van der Waals surface area contributed by atoms with Crippen molar-refractivity contribution in [2.45, 2.75) is 31.2 Å². The van der Waals surface area contributed by atoms with Gasteiger partial charge in [-0.05, 0) is 5.56 Å². The highest BCUT2D eigenvalue weighted by Crippen LogP contribution is 2.26. The van der Waals surface area contributed by atoms with Crippen LogP contribution in [0.1, 0.15) is 5.56 Å². The second-order valence-electron chi connectivity index (χ2n) is 4.18. The van der Waals surface area contributed by atoms with E-state index in [-0.39, 0.29) is 6.10 Å². The predicted octanol–water partition coefficient (Wildman–Crippen LogP) is 1.74. The minimum atomic E-state index is -0.643. The number of aliphatic hydroxyl groups is 1.